The highest BCUT2D eigenvalue weighted by Crippen LogP contribution is 2.39. The van der Waals surface area contributed by atoms with Crippen molar-refractivity contribution in [1.29, 1.82) is 0 Å². The minimum absolute atomic E-state index is 0.0535. The number of carbonyl (C=O) groups is 1. The molecule has 0 fully saturated rings. The molecule has 0 aliphatic carbocycles. The maximum Gasteiger partial charge on any atom is 0.446 e. The summed E-state index contributed by atoms with van der Waals surface area (Å²) >= 11 is 4.86. The molecule has 1 aromatic carbocycles. The van der Waals surface area contributed by atoms with Gasteiger partial charge in [0.25, 0.3) is 5.69 Å². The van der Waals surface area contributed by atoms with Crippen molar-refractivity contribution >= 4 is 34.8 Å². The second-order valence-electron chi connectivity index (χ2n) is 3.45. The van der Waals surface area contributed by atoms with Gasteiger partial charge >= 0.3 is 5.51 Å². The van der Waals surface area contributed by atoms with Crippen LogP contribution in [0.2, 0.25) is 0 Å². The number of carbonyl (C=O) groups excluding carboxylic acids is 1. The van der Waals surface area contributed by atoms with Crippen LogP contribution in [-0.2, 0) is 11.2 Å². The number of ketones is 1. The zero-order chi connectivity index (χ0) is 14.6. The molecule has 4 nitrogen and oxygen atoms in total. The lowest BCUT2D eigenvalue weighted by Gasteiger charge is -2.10. The highest BCUT2D eigenvalue weighted by atomic mass is 35.5. The Kier molecular flexibility index (Phi) is 5.19. The van der Waals surface area contributed by atoms with E-state index in [1.54, 1.807) is 0 Å². The standard InChI is InChI=1S/C10H7ClF3NO3S/c11-5-8(16)4-6-3-7(15(17)18)1-2-9(6)19-10(12,13)14/h1-3H,4-5H2. The van der Waals surface area contributed by atoms with E-state index >= 15 is 0 Å². The van der Waals surface area contributed by atoms with E-state index in [-0.39, 0.29) is 28.4 Å². The molecular weight excluding hydrogens is 307 g/mol. The Balaban J connectivity index is 3.14. The Bertz CT molecular complexity index is 507. The van der Waals surface area contributed by atoms with Gasteiger partial charge < -0.3 is 0 Å². The number of halogens is 4. The average molecular weight is 314 g/mol. The van der Waals surface area contributed by atoms with Crippen LogP contribution in [0, 0.1) is 10.1 Å². The highest BCUT2D eigenvalue weighted by Gasteiger charge is 2.31. The molecule has 9 heteroatoms. The monoisotopic (exact) mass is 313 g/mol. The predicted molar refractivity (Wildman–Crippen MR) is 64.4 cm³/mol. The maximum atomic E-state index is 12.3. The third kappa shape index (κ3) is 5.07. The second-order valence-corrected chi connectivity index (χ2v) is 4.82. The summed E-state index contributed by atoms with van der Waals surface area (Å²) in [6, 6.07) is 2.90. The molecule has 0 amide bonds. The summed E-state index contributed by atoms with van der Waals surface area (Å²) in [5.41, 5.74) is -4.96. The molecule has 0 aliphatic heterocycles. The molecule has 0 bridgehead atoms. The number of nitro groups is 1. The second kappa shape index (κ2) is 6.25. The fraction of sp³-hybridized carbons (Fsp3) is 0.300. The topological polar surface area (TPSA) is 60.2 Å². The smallest absolute Gasteiger partial charge is 0.298 e. The van der Waals surface area contributed by atoms with Gasteiger partial charge in [-0.25, -0.2) is 0 Å². The van der Waals surface area contributed by atoms with Gasteiger partial charge in [-0.15, -0.1) is 11.6 Å². The van der Waals surface area contributed by atoms with Crippen molar-refractivity contribution in [3.05, 3.63) is 33.9 Å². The summed E-state index contributed by atoms with van der Waals surface area (Å²) in [6.07, 6.45) is -0.371. The predicted octanol–water partition coefficient (Wildman–Crippen LogP) is 3.56. The van der Waals surface area contributed by atoms with E-state index in [0.29, 0.717) is 0 Å². The molecule has 0 saturated heterocycles. The molecule has 0 heterocycles. The van der Waals surface area contributed by atoms with Crippen molar-refractivity contribution < 1.29 is 22.9 Å². The first-order chi connectivity index (χ1) is 8.73. The van der Waals surface area contributed by atoms with Gasteiger partial charge in [-0.2, -0.15) is 13.2 Å². The van der Waals surface area contributed by atoms with E-state index in [0.717, 1.165) is 18.2 Å². The van der Waals surface area contributed by atoms with Crippen LogP contribution >= 0.6 is 23.4 Å². The average Bonchev–Trinajstić information content (AvgIpc) is 2.29. The van der Waals surface area contributed by atoms with E-state index in [9.17, 15) is 28.1 Å². The summed E-state index contributed by atoms with van der Waals surface area (Å²) in [7, 11) is 0. The number of nitro benzene ring substituents is 1. The molecule has 0 aromatic heterocycles. The van der Waals surface area contributed by atoms with Crippen molar-refractivity contribution in [2.45, 2.75) is 16.8 Å². The molecule has 0 atom stereocenters. The van der Waals surface area contributed by atoms with E-state index in [1.807, 2.05) is 0 Å². The van der Waals surface area contributed by atoms with Crippen LogP contribution in [0.3, 0.4) is 0 Å². The van der Waals surface area contributed by atoms with Crippen LogP contribution in [0.5, 0.6) is 0 Å². The first kappa shape index (κ1) is 15.8. The number of hydrogen-bond donors (Lipinski definition) is 0. The van der Waals surface area contributed by atoms with Gasteiger partial charge in [-0.05, 0) is 23.4 Å². The maximum absolute atomic E-state index is 12.3. The number of Topliss-reactive ketones (excluding diaryl/α,β-unsaturated/α-hetero) is 1. The summed E-state index contributed by atoms with van der Waals surface area (Å²) in [5, 5.41) is 10.6. The lowest BCUT2D eigenvalue weighted by molar-refractivity contribution is -0.385. The van der Waals surface area contributed by atoms with Crippen LogP contribution in [-0.4, -0.2) is 22.1 Å². The minimum atomic E-state index is -4.53. The first-order valence-electron chi connectivity index (χ1n) is 4.83. The number of thioether (sulfide) groups is 1. The fourth-order valence-corrected chi connectivity index (χ4v) is 2.04. The summed E-state index contributed by atoms with van der Waals surface area (Å²) in [4.78, 5) is 20.8. The van der Waals surface area contributed by atoms with Crippen molar-refractivity contribution in [3.8, 4) is 0 Å². The third-order valence-electron chi connectivity index (χ3n) is 2.02. The molecule has 19 heavy (non-hydrogen) atoms. The van der Waals surface area contributed by atoms with E-state index < -0.39 is 28.0 Å². The van der Waals surface area contributed by atoms with Gasteiger partial charge in [0.2, 0.25) is 0 Å². The SMILES string of the molecule is O=C(CCl)Cc1cc([N+](=O)[O-])ccc1SC(F)(F)F. The first-order valence-corrected chi connectivity index (χ1v) is 6.19. The number of alkyl halides is 4. The van der Waals surface area contributed by atoms with Crippen LogP contribution in [0.4, 0.5) is 18.9 Å². The van der Waals surface area contributed by atoms with Crippen molar-refractivity contribution in [2.24, 2.45) is 0 Å². The summed E-state index contributed by atoms with van der Waals surface area (Å²) < 4.78 is 37.0. The molecule has 104 valence electrons. The Morgan fingerprint density at radius 2 is 2.05 bits per heavy atom. The molecule has 1 rings (SSSR count). The number of rotatable bonds is 5. The van der Waals surface area contributed by atoms with Crippen molar-refractivity contribution in [2.75, 3.05) is 5.88 Å². The molecule has 0 saturated carbocycles. The molecule has 0 aliphatic rings. The Morgan fingerprint density at radius 3 is 2.53 bits per heavy atom. The van der Waals surface area contributed by atoms with Crippen LogP contribution < -0.4 is 0 Å². The van der Waals surface area contributed by atoms with E-state index in [4.69, 9.17) is 11.6 Å². The zero-order valence-corrected chi connectivity index (χ0v) is 10.8. The summed E-state index contributed by atoms with van der Waals surface area (Å²) in [6.45, 7) is 0. The van der Waals surface area contributed by atoms with Gasteiger partial charge in [0.05, 0.1) is 10.8 Å². The molecule has 0 unspecified atom stereocenters. The summed E-state index contributed by atoms with van der Waals surface area (Å²) in [5.74, 6) is -0.870. The molecule has 0 radical (unpaired) electrons. The van der Waals surface area contributed by atoms with Gasteiger partial charge in [0.1, 0.15) is 0 Å². The zero-order valence-electron chi connectivity index (χ0n) is 9.24. The van der Waals surface area contributed by atoms with E-state index in [2.05, 4.69) is 0 Å². The van der Waals surface area contributed by atoms with Crippen LogP contribution in [0.1, 0.15) is 5.56 Å². The molecule has 0 N–H and O–H groups in total. The Hall–Kier alpha value is -1.28. The van der Waals surface area contributed by atoms with Gasteiger partial charge in [0.15, 0.2) is 5.78 Å². The highest BCUT2D eigenvalue weighted by molar-refractivity contribution is 8.00. The number of hydrogen-bond acceptors (Lipinski definition) is 4. The Morgan fingerprint density at radius 1 is 1.42 bits per heavy atom. The normalized spacial score (nSPS) is 11.4. The van der Waals surface area contributed by atoms with Crippen molar-refractivity contribution in [3.63, 3.8) is 0 Å². The molecular formula is C10H7ClF3NO3S. The van der Waals surface area contributed by atoms with Crippen molar-refractivity contribution in [1.82, 2.24) is 0 Å². The minimum Gasteiger partial charge on any atom is -0.298 e. The number of nitrogens with zero attached hydrogens (tertiary/aromatic N) is 1. The van der Waals surface area contributed by atoms with Crippen LogP contribution in [0.25, 0.3) is 0 Å². The number of non-ortho nitro benzene ring substituents is 1. The molecule has 1 aromatic rings. The van der Waals surface area contributed by atoms with Crippen LogP contribution in [0.15, 0.2) is 23.1 Å². The Labute approximate surface area is 115 Å². The molecule has 0 spiro atoms. The van der Waals surface area contributed by atoms with Gasteiger partial charge in [-0.1, -0.05) is 0 Å². The third-order valence-corrected chi connectivity index (χ3v) is 3.16. The lowest BCUT2D eigenvalue weighted by atomic mass is 10.1. The fourth-order valence-electron chi connectivity index (χ4n) is 1.30. The largest absolute Gasteiger partial charge is 0.446 e. The van der Waals surface area contributed by atoms with Gasteiger partial charge in [-0.3, -0.25) is 14.9 Å². The number of benzene rings is 1. The van der Waals surface area contributed by atoms with Gasteiger partial charge in [0, 0.05) is 23.4 Å². The lowest BCUT2D eigenvalue weighted by Crippen LogP contribution is -2.07. The quantitative estimate of drug-likeness (QED) is 0.361. The van der Waals surface area contributed by atoms with E-state index in [1.165, 1.54) is 0 Å².